The molecule has 1 N–H and O–H groups in total. The third-order valence-electron chi connectivity index (χ3n) is 4.39. The summed E-state index contributed by atoms with van der Waals surface area (Å²) in [4.78, 5) is 9.10. The molecule has 0 aliphatic carbocycles. The van der Waals surface area contributed by atoms with E-state index < -0.39 is 0 Å². The fraction of sp³-hybridized carbons (Fsp3) is 0.158. The number of aliphatic hydroxyl groups excluding tert-OH is 1. The molecule has 3 aromatic rings. The van der Waals surface area contributed by atoms with Gasteiger partial charge in [-0.15, -0.1) is 0 Å². The van der Waals surface area contributed by atoms with E-state index in [9.17, 15) is 9.50 Å². The lowest BCUT2D eigenvalue weighted by Crippen LogP contribution is -2.10. The van der Waals surface area contributed by atoms with Crippen LogP contribution in [0.25, 0.3) is 5.69 Å². The Bertz CT molecular complexity index is 1010. The van der Waals surface area contributed by atoms with E-state index in [1.54, 1.807) is 30.3 Å². The number of imidazole rings is 1. The number of aliphatic imine (C=N–C) groups is 1. The molecule has 0 amide bonds. The van der Waals surface area contributed by atoms with Gasteiger partial charge in [-0.25, -0.2) is 9.37 Å². The summed E-state index contributed by atoms with van der Waals surface area (Å²) in [6, 6.07) is 12.0. The molecular formula is C19H15ClFN3O. The van der Waals surface area contributed by atoms with Gasteiger partial charge in [-0.1, -0.05) is 23.7 Å². The fourth-order valence-corrected chi connectivity index (χ4v) is 3.37. The SMILES string of the molecule is Cc1c(CO)nc2n1-c1ccc(Cl)cc1C(c1ccccc1F)=NC2. The second-order valence-electron chi connectivity index (χ2n) is 5.86. The lowest BCUT2D eigenvalue weighted by molar-refractivity contribution is 0.276. The standard InChI is InChI=1S/C19H15ClFN3O/c1-11-16(10-25)23-18-9-22-19(13-4-2-3-5-15(13)21)14-8-12(20)6-7-17(14)24(11)18/h2-8,25H,9-10H2,1H3. The zero-order chi connectivity index (χ0) is 17.6. The highest BCUT2D eigenvalue weighted by Gasteiger charge is 2.24. The minimum atomic E-state index is -0.334. The zero-order valence-corrected chi connectivity index (χ0v) is 14.3. The summed E-state index contributed by atoms with van der Waals surface area (Å²) in [6.07, 6.45) is 0. The van der Waals surface area contributed by atoms with Crippen LogP contribution in [0.2, 0.25) is 5.02 Å². The molecule has 1 aliphatic heterocycles. The Kier molecular flexibility index (Phi) is 3.90. The monoisotopic (exact) mass is 355 g/mol. The third kappa shape index (κ3) is 2.56. The number of hydrogen-bond acceptors (Lipinski definition) is 3. The Balaban J connectivity index is 2.01. The predicted molar refractivity (Wildman–Crippen MR) is 95.0 cm³/mol. The first-order valence-corrected chi connectivity index (χ1v) is 8.25. The van der Waals surface area contributed by atoms with Gasteiger partial charge in [0.2, 0.25) is 0 Å². The van der Waals surface area contributed by atoms with Crippen molar-refractivity contribution in [1.82, 2.24) is 9.55 Å². The van der Waals surface area contributed by atoms with Crippen molar-refractivity contribution in [2.24, 2.45) is 4.99 Å². The Hall–Kier alpha value is -2.50. The molecule has 2 aromatic carbocycles. The van der Waals surface area contributed by atoms with Crippen LogP contribution in [0.3, 0.4) is 0 Å². The van der Waals surface area contributed by atoms with Gasteiger partial charge in [0.25, 0.3) is 0 Å². The van der Waals surface area contributed by atoms with Crippen LogP contribution < -0.4 is 0 Å². The first kappa shape index (κ1) is 16.0. The Morgan fingerprint density at radius 1 is 1.20 bits per heavy atom. The van der Waals surface area contributed by atoms with Crippen molar-refractivity contribution in [3.05, 3.63) is 81.6 Å². The van der Waals surface area contributed by atoms with Gasteiger partial charge in [0.1, 0.15) is 11.6 Å². The number of aromatic nitrogens is 2. The van der Waals surface area contributed by atoms with Gasteiger partial charge in [-0.05, 0) is 37.3 Å². The molecule has 4 rings (SSSR count). The molecule has 0 atom stereocenters. The van der Waals surface area contributed by atoms with Crippen molar-refractivity contribution in [2.75, 3.05) is 0 Å². The summed E-state index contributed by atoms with van der Waals surface area (Å²) >= 11 is 6.21. The molecule has 25 heavy (non-hydrogen) atoms. The first-order valence-electron chi connectivity index (χ1n) is 7.87. The first-order chi connectivity index (χ1) is 12.1. The van der Waals surface area contributed by atoms with E-state index in [0.717, 1.165) is 16.9 Å². The van der Waals surface area contributed by atoms with Crippen LogP contribution in [-0.2, 0) is 13.2 Å². The van der Waals surface area contributed by atoms with Gasteiger partial charge < -0.3 is 5.11 Å². The van der Waals surface area contributed by atoms with E-state index in [1.165, 1.54) is 6.07 Å². The minimum Gasteiger partial charge on any atom is -0.390 e. The van der Waals surface area contributed by atoms with Crippen molar-refractivity contribution in [3.63, 3.8) is 0 Å². The molecule has 0 unspecified atom stereocenters. The molecule has 0 saturated carbocycles. The average molecular weight is 356 g/mol. The van der Waals surface area contributed by atoms with E-state index in [1.807, 2.05) is 17.6 Å². The van der Waals surface area contributed by atoms with E-state index in [4.69, 9.17) is 11.6 Å². The van der Waals surface area contributed by atoms with Crippen molar-refractivity contribution >= 4 is 17.3 Å². The van der Waals surface area contributed by atoms with E-state index in [-0.39, 0.29) is 19.0 Å². The molecule has 2 heterocycles. The van der Waals surface area contributed by atoms with Crippen molar-refractivity contribution in [2.45, 2.75) is 20.1 Å². The second-order valence-corrected chi connectivity index (χ2v) is 6.30. The summed E-state index contributed by atoms with van der Waals surface area (Å²) in [5.74, 6) is 0.371. The smallest absolute Gasteiger partial charge is 0.135 e. The maximum Gasteiger partial charge on any atom is 0.135 e. The normalized spacial score (nSPS) is 13.0. The molecule has 0 saturated heterocycles. The molecule has 0 fully saturated rings. The van der Waals surface area contributed by atoms with Crippen molar-refractivity contribution < 1.29 is 9.50 Å². The van der Waals surface area contributed by atoms with Crippen LogP contribution in [0.1, 0.15) is 28.3 Å². The molecule has 0 bridgehead atoms. The number of rotatable bonds is 2. The van der Waals surface area contributed by atoms with Crippen LogP contribution in [0, 0.1) is 12.7 Å². The molecule has 4 nitrogen and oxygen atoms in total. The number of halogens is 2. The third-order valence-corrected chi connectivity index (χ3v) is 4.62. The van der Waals surface area contributed by atoms with Gasteiger partial charge in [0.05, 0.1) is 30.2 Å². The molecular weight excluding hydrogens is 341 g/mol. The van der Waals surface area contributed by atoms with Crippen LogP contribution in [-0.4, -0.2) is 20.4 Å². The highest BCUT2D eigenvalue weighted by atomic mass is 35.5. The van der Waals surface area contributed by atoms with Gasteiger partial charge in [-0.2, -0.15) is 0 Å². The Morgan fingerprint density at radius 3 is 2.76 bits per heavy atom. The topological polar surface area (TPSA) is 50.4 Å². The van der Waals surface area contributed by atoms with Crippen molar-refractivity contribution in [3.8, 4) is 5.69 Å². The summed E-state index contributed by atoms with van der Waals surface area (Å²) < 4.78 is 16.3. The van der Waals surface area contributed by atoms with Gasteiger partial charge in [0, 0.05) is 21.8 Å². The van der Waals surface area contributed by atoms with E-state index >= 15 is 0 Å². The van der Waals surface area contributed by atoms with Crippen LogP contribution >= 0.6 is 11.6 Å². The highest BCUT2D eigenvalue weighted by Crippen LogP contribution is 2.30. The minimum absolute atomic E-state index is 0.140. The van der Waals surface area contributed by atoms with Gasteiger partial charge in [0.15, 0.2) is 0 Å². The number of benzene rings is 2. The molecule has 0 spiro atoms. The predicted octanol–water partition coefficient (Wildman–Crippen LogP) is 3.82. The van der Waals surface area contributed by atoms with Gasteiger partial charge in [-0.3, -0.25) is 9.56 Å². The molecule has 6 heteroatoms. The average Bonchev–Trinajstić information content (AvgIpc) is 2.83. The number of nitrogens with zero attached hydrogens (tertiary/aromatic N) is 3. The van der Waals surface area contributed by atoms with Crippen LogP contribution in [0.5, 0.6) is 0 Å². The summed E-state index contributed by atoms with van der Waals surface area (Å²) in [5.41, 5.74) is 3.99. The highest BCUT2D eigenvalue weighted by molar-refractivity contribution is 6.31. The van der Waals surface area contributed by atoms with E-state index in [2.05, 4.69) is 9.98 Å². The second kappa shape index (κ2) is 6.10. The number of fused-ring (bicyclic) bond motifs is 3. The fourth-order valence-electron chi connectivity index (χ4n) is 3.20. The summed E-state index contributed by atoms with van der Waals surface area (Å²) in [7, 11) is 0. The quantitative estimate of drug-likeness (QED) is 0.759. The van der Waals surface area contributed by atoms with Crippen LogP contribution in [0.15, 0.2) is 47.5 Å². The molecule has 0 radical (unpaired) electrons. The lowest BCUT2D eigenvalue weighted by Gasteiger charge is -2.14. The number of hydrogen-bond donors (Lipinski definition) is 1. The number of aliphatic hydroxyl groups is 1. The zero-order valence-electron chi connectivity index (χ0n) is 13.5. The molecule has 1 aliphatic rings. The Labute approximate surface area is 149 Å². The Morgan fingerprint density at radius 2 is 2.00 bits per heavy atom. The summed E-state index contributed by atoms with van der Waals surface area (Å²) in [5, 5.41) is 10.1. The summed E-state index contributed by atoms with van der Waals surface area (Å²) in [6.45, 7) is 2.05. The molecule has 1 aromatic heterocycles. The van der Waals surface area contributed by atoms with Crippen LogP contribution in [0.4, 0.5) is 4.39 Å². The maximum absolute atomic E-state index is 14.4. The van der Waals surface area contributed by atoms with Crippen molar-refractivity contribution in [1.29, 1.82) is 0 Å². The largest absolute Gasteiger partial charge is 0.390 e. The maximum atomic E-state index is 14.4. The molecule has 126 valence electrons. The van der Waals surface area contributed by atoms with Gasteiger partial charge >= 0.3 is 0 Å². The lowest BCUT2D eigenvalue weighted by atomic mass is 10.00. The van der Waals surface area contributed by atoms with E-state index in [0.29, 0.717) is 27.8 Å².